The number of thiophene rings is 1. The van der Waals surface area contributed by atoms with Crippen LogP contribution in [-0.2, 0) is 6.42 Å². The summed E-state index contributed by atoms with van der Waals surface area (Å²) in [4.78, 5) is 1.45. The minimum absolute atomic E-state index is 0.704. The van der Waals surface area contributed by atoms with Crippen LogP contribution in [0.3, 0.4) is 0 Å². The first-order chi connectivity index (χ1) is 5.76. The second kappa shape index (κ2) is 5.78. The summed E-state index contributed by atoms with van der Waals surface area (Å²) in [6.07, 6.45) is 1.16. The number of alkyl halides is 2. The van der Waals surface area contributed by atoms with Gasteiger partial charge in [0.05, 0.1) is 0 Å². The molecule has 0 radical (unpaired) electrons. The molecule has 1 rings (SSSR count). The van der Waals surface area contributed by atoms with Crippen molar-refractivity contribution in [3.8, 4) is 0 Å². The van der Waals surface area contributed by atoms with Crippen LogP contribution in [0.25, 0.3) is 0 Å². The van der Waals surface area contributed by atoms with Gasteiger partial charge < -0.3 is 0 Å². The summed E-state index contributed by atoms with van der Waals surface area (Å²) in [7, 11) is 0. The van der Waals surface area contributed by atoms with Gasteiger partial charge in [-0.1, -0.05) is 31.9 Å². The fourth-order valence-corrected chi connectivity index (χ4v) is 3.99. The predicted molar refractivity (Wildman–Crippen MR) is 66.8 cm³/mol. The molecule has 0 amide bonds. The van der Waals surface area contributed by atoms with Crippen LogP contribution in [0.4, 0.5) is 0 Å². The van der Waals surface area contributed by atoms with Gasteiger partial charge in [-0.25, -0.2) is 0 Å². The summed E-state index contributed by atoms with van der Waals surface area (Å²) in [6, 6.07) is 2.20. The van der Waals surface area contributed by atoms with Crippen molar-refractivity contribution in [3.05, 3.63) is 20.8 Å². The Morgan fingerprint density at radius 3 is 2.42 bits per heavy atom. The molecule has 0 N–H and O–H groups in total. The Balaban J connectivity index is 2.50. The van der Waals surface area contributed by atoms with Gasteiger partial charge in [-0.15, -0.1) is 11.3 Å². The quantitative estimate of drug-likeness (QED) is 0.680. The van der Waals surface area contributed by atoms with E-state index in [4.69, 9.17) is 0 Å². The maximum absolute atomic E-state index is 3.50. The molecule has 0 aliphatic rings. The average molecular weight is 377 g/mol. The lowest BCUT2D eigenvalue weighted by Crippen LogP contribution is -2.05. The second-order valence-corrected chi connectivity index (χ2v) is 5.82. The first-order valence-electron chi connectivity index (χ1n) is 3.61. The van der Waals surface area contributed by atoms with Crippen molar-refractivity contribution in [1.29, 1.82) is 0 Å². The highest BCUT2D eigenvalue weighted by Crippen LogP contribution is 2.23. The van der Waals surface area contributed by atoms with Crippen LogP contribution < -0.4 is 0 Å². The topological polar surface area (TPSA) is 0 Å². The number of hydrogen-bond acceptors (Lipinski definition) is 1. The van der Waals surface area contributed by atoms with Gasteiger partial charge >= 0.3 is 0 Å². The van der Waals surface area contributed by atoms with E-state index in [1.54, 1.807) is 0 Å². The Morgan fingerprint density at radius 1 is 1.33 bits per heavy atom. The van der Waals surface area contributed by atoms with E-state index in [1.165, 1.54) is 9.35 Å². The van der Waals surface area contributed by atoms with Crippen molar-refractivity contribution in [1.82, 2.24) is 0 Å². The Bertz CT molecular complexity index is 230. The number of rotatable bonds is 4. The molecule has 0 atom stereocenters. The van der Waals surface area contributed by atoms with E-state index in [0.717, 1.165) is 17.1 Å². The van der Waals surface area contributed by atoms with Gasteiger partial charge in [0.1, 0.15) is 0 Å². The molecule has 12 heavy (non-hydrogen) atoms. The van der Waals surface area contributed by atoms with E-state index in [9.17, 15) is 0 Å². The van der Waals surface area contributed by atoms with Crippen molar-refractivity contribution in [2.24, 2.45) is 5.92 Å². The van der Waals surface area contributed by atoms with E-state index in [1.807, 2.05) is 11.3 Å². The fraction of sp³-hybridized carbons (Fsp3) is 0.500. The lowest BCUT2D eigenvalue weighted by Gasteiger charge is -2.07. The summed E-state index contributed by atoms with van der Waals surface area (Å²) in [6.45, 7) is 0. The molecule has 1 aromatic rings. The lowest BCUT2D eigenvalue weighted by molar-refractivity contribution is 0.687. The summed E-state index contributed by atoms with van der Waals surface area (Å²) >= 11 is 12.3. The second-order valence-electron chi connectivity index (χ2n) is 2.61. The summed E-state index contributed by atoms with van der Waals surface area (Å²) in [5.74, 6) is 0.704. The third-order valence-electron chi connectivity index (χ3n) is 1.55. The fourth-order valence-electron chi connectivity index (χ4n) is 0.896. The van der Waals surface area contributed by atoms with E-state index in [2.05, 4.69) is 59.2 Å². The standard InChI is InChI=1S/C8H9Br3S/c9-3-6(4-10)1-8-2-7(11)5-12-8/h2,5-6H,1,3-4H2. The maximum atomic E-state index is 3.50. The van der Waals surface area contributed by atoms with Gasteiger partial charge in [0.2, 0.25) is 0 Å². The Morgan fingerprint density at radius 2 is 2.00 bits per heavy atom. The van der Waals surface area contributed by atoms with Crippen LogP contribution in [0.5, 0.6) is 0 Å². The molecular formula is C8H9Br3S. The molecule has 68 valence electrons. The van der Waals surface area contributed by atoms with Gasteiger partial charge in [-0.3, -0.25) is 0 Å². The Kier molecular flexibility index (Phi) is 5.41. The summed E-state index contributed by atoms with van der Waals surface area (Å²) in [5, 5.41) is 4.26. The van der Waals surface area contributed by atoms with Crippen LogP contribution in [0.2, 0.25) is 0 Å². The molecule has 1 heterocycles. The van der Waals surface area contributed by atoms with Gasteiger partial charge in [0, 0.05) is 25.4 Å². The number of hydrogen-bond donors (Lipinski definition) is 0. The summed E-state index contributed by atoms with van der Waals surface area (Å²) in [5.41, 5.74) is 0. The minimum Gasteiger partial charge on any atom is -0.148 e. The molecule has 0 unspecified atom stereocenters. The molecule has 0 saturated heterocycles. The third-order valence-corrected chi connectivity index (χ3v) is 5.10. The van der Waals surface area contributed by atoms with E-state index >= 15 is 0 Å². The molecule has 0 saturated carbocycles. The van der Waals surface area contributed by atoms with E-state index < -0.39 is 0 Å². The molecule has 0 aromatic carbocycles. The molecule has 4 heteroatoms. The minimum atomic E-state index is 0.704. The first kappa shape index (κ1) is 11.2. The molecule has 0 nitrogen and oxygen atoms in total. The Labute approximate surface area is 102 Å². The molecule has 0 aliphatic carbocycles. The van der Waals surface area contributed by atoms with Crippen molar-refractivity contribution < 1.29 is 0 Å². The SMILES string of the molecule is BrCC(CBr)Cc1cc(Br)cs1. The van der Waals surface area contributed by atoms with Gasteiger partial charge in [-0.05, 0) is 34.3 Å². The highest BCUT2D eigenvalue weighted by molar-refractivity contribution is 9.10. The Hall–Kier alpha value is 1.14. The normalized spacial score (nSPS) is 11.0. The average Bonchev–Trinajstić information content (AvgIpc) is 2.47. The van der Waals surface area contributed by atoms with E-state index in [0.29, 0.717) is 5.92 Å². The van der Waals surface area contributed by atoms with Crippen LogP contribution in [0.15, 0.2) is 15.9 Å². The van der Waals surface area contributed by atoms with Crippen LogP contribution in [-0.4, -0.2) is 10.7 Å². The first-order valence-corrected chi connectivity index (χ1v) is 7.52. The lowest BCUT2D eigenvalue weighted by atomic mass is 10.1. The molecule has 0 fully saturated rings. The van der Waals surface area contributed by atoms with Gasteiger partial charge in [-0.2, -0.15) is 0 Å². The monoisotopic (exact) mass is 374 g/mol. The zero-order valence-corrected chi connectivity index (χ0v) is 12.0. The van der Waals surface area contributed by atoms with E-state index in [-0.39, 0.29) is 0 Å². The third kappa shape index (κ3) is 3.48. The predicted octanol–water partition coefficient (Wildman–Crippen LogP) is 4.46. The molecule has 0 bridgehead atoms. The van der Waals surface area contributed by atoms with Gasteiger partial charge in [0.15, 0.2) is 0 Å². The molecular weight excluding hydrogens is 368 g/mol. The molecule has 0 spiro atoms. The van der Waals surface area contributed by atoms with Crippen LogP contribution in [0.1, 0.15) is 4.88 Å². The smallest absolute Gasteiger partial charge is 0.0285 e. The molecule has 0 aliphatic heterocycles. The largest absolute Gasteiger partial charge is 0.148 e. The summed E-state index contributed by atoms with van der Waals surface area (Å²) < 4.78 is 1.20. The van der Waals surface area contributed by atoms with Crippen LogP contribution >= 0.6 is 59.1 Å². The van der Waals surface area contributed by atoms with Crippen molar-refractivity contribution in [3.63, 3.8) is 0 Å². The highest BCUT2D eigenvalue weighted by atomic mass is 79.9. The van der Waals surface area contributed by atoms with Gasteiger partial charge in [0.25, 0.3) is 0 Å². The van der Waals surface area contributed by atoms with Crippen molar-refractivity contribution in [2.75, 3.05) is 10.7 Å². The number of halogens is 3. The van der Waals surface area contributed by atoms with Crippen LogP contribution in [0, 0.1) is 5.92 Å². The zero-order chi connectivity index (χ0) is 8.97. The maximum Gasteiger partial charge on any atom is 0.0285 e. The highest BCUT2D eigenvalue weighted by Gasteiger charge is 2.07. The van der Waals surface area contributed by atoms with Crippen molar-refractivity contribution >= 4 is 59.1 Å². The van der Waals surface area contributed by atoms with Crippen molar-refractivity contribution in [2.45, 2.75) is 6.42 Å². The molecule has 1 aromatic heterocycles. The zero-order valence-electron chi connectivity index (χ0n) is 6.40.